The van der Waals surface area contributed by atoms with Crippen LogP contribution in [-0.4, -0.2) is 51.5 Å². The Morgan fingerprint density at radius 2 is 2.09 bits per heavy atom. The highest BCUT2D eigenvalue weighted by Gasteiger charge is 2.34. The molecular weight excluding hydrogens is 347 g/mol. The van der Waals surface area contributed by atoms with Crippen molar-refractivity contribution in [3.63, 3.8) is 0 Å². The lowest BCUT2D eigenvalue weighted by Crippen LogP contribution is -2.26. The third-order valence-electron chi connectivity index (χ3n) is 3.54. The highest BCUT2D eigenvalue weighted by molar-refractivity contribution is 7.86. The van der Waals surface area contributed by atoms with Gasteiger partial charge >= 0.3 is 10.2 Å². The van der Waals surface area contributed by atoms with Crippen molar-refractivity contribution in [2.45, 2.75) is 6.42 Å². The zero-order chi connectivity index (χ0) is 17.4. The topological polar surface area (TPSA) is 74.8 Å². The summed E-state index contributed by atoms with van der Waals surface area (Å²) in [6.45, 7) is 0.0965. The molecule has 1 saturated heterocycles. The SMILES string of the molecule is CN(C)C(=O)c1ccc(N2CC(CS(=O)(=O)F)CC2=O)cc1Cl. The van der Waals surface area contributed by atoms with E-state index in [0.29, 0.717) is 11.3 Å². The molecule has 1 aromatic carbocycles. The van der Waals surface area contributed by atoms with E-state index in [2.05, 4.69) is 0 Å². The molecule has 1 heterocycles. The van der Waals surface area contributed by atoms with Gasteiger partial charge in [0.1, 0.15) is 0 Å². The van der Waals surface area contributed by atoms with Gasteiger partial charge in [-0.1, -0.05) is 11.6 Å². The number of benzene rings is 1. The van der Waals surface area contributed by atoms with Crippen molar-refractivity contribution in [3.05, 3.63) is 28.8 Å². The quantitative estimate of drug-likeness (QED) is 0.764. The first-order chi connectivity index (χ1) is 10.6. The molecule has 6 nitrogen and oxygen atoms in total. The maximum Gasteiger partial charge on any atom is 0.302 e. The van der Waals surface area contributed by atoms with Gasteiger partial charge < -0.3 is 9.80 Å². The van der Waals surface area contributed by atoms with Crippen LogP contribution in [0.5, 0.6) is 0 Å². The average Bonchev–Trinajstić information content (AvgIpc) is 2.76. The summed E-state index contributed by atoms with van der Waals surface area (Å²) in [5.74, 6) is -1.85. The highest BCUT2D eigenvalue weighted by atomic mass is 35.5. The standard InChI is InChI=1S/C14H16ClFN2O4S/c1-17(2)14(20)11-4-3-10(6-12(11)15)18-7-9(5-13(18)19)8-23(16,21)22/h3-4,6,9H,5,7-8H2,1-2H3. The highest BCUT2D eigenvalue weighted by Crippen LogP contribution is 2.30. The van der Waals surface area contributed by atoms with Gasteiger partial charge in [-0.25, -0.2) is 0 Å². The van der Waals surface area contributed by atoms with Gasteiger partial charge in [-0.15, -0.1) is 3.89 Å². The van der Waals surface area contributed by atoms with E-state index in [1.54, 1.807) is 20.2 Å². The molecule has 126 valence electrons. The molecule has 1 aromatic rings. The van der Waals surface area contributed by atoms with Crippen LogP contribution in [0.2, 0.25) is 5.02 Å². The summed E-state index contributed by atoms with van der Waals surface area (Å²) in [6, 6.07) is 4.54. The monoisotopic (exact) mass is 362 g/mol. The summed E-state index contributed by atoms with van der Waals surface area (Å²) in [4.78, 5) is 26.7. The zero-order valence-corrected chi connectivity index (χ0v) is 14.2. The smallest absolute Gasteiger partial charge is 0.302 e. The number of amides is 2. The molecule has 9 heteroatoms. The molecule has 1 aliphatic heterocycles. The van der Waals surface area contributed by atoms with Crippen LogP contribution < -0.4 is 4.90 Å². The summed E-state index contributed by atoms with van der Waals surface area (Å²) in [5, 5.41) is 0.190. The number of nitrogens with zero attached hydrogens (tertiary/aromatic N) is 2. The second kappa shape index (κ2) is 6.45. The normalized spacial score (nSPS) is 18.3. The van der Waals surface area contributed by atoms with Gasteiger partial charge in [0.2, 0.25) is 5.91 Å². The number of hydrogen-bond donors (Lipinski definition) is 0. The van der Waals surface area contributed by atoms with Crippen molar-refractivity contribution >= 4 is 39.3 Å². The van der Waals surface area contributed by atoms with E-state index >= 15 is 0 Å². The third kappa shape index (κ3) is 4.20. The molecule has 0 bridgehead atoms. The maximum absolute atomic E-state index is 12.8. The number of halogens is 2. The van der Waals surface area contributed by atoms with Gasteiger partial charge in [-0.3, -0.25) is 9.59 Å². The van der Waals surface area contributed by atoms with E-state index in [4.69, 9.17) is 11.6 Å². The Labute approximate surface area is 139 Å². The van der Waals surface area contributed by atoms with Gasteiger partial charge in [-0.2, -0.15) is 8.42 Å². The van der Waals surface area contributed by atoms with Crippen LogP contribution in [-0.2, 0) is 15.0 Å². The molecule has 2 rings (SSSR count). The number of rotatable bonds is 4. The summed E-state index contributed by atoms with van der Waals surface area (Å²) in [7, 11) is -1.44. The van der Waals surface area contributed by atoms with Crippen molar-refractivity contribution in [3.8, 4) is 0 Å². The van der Waals surface area contributed by atoms with Crippen molar-refractivity contribution < 1.29 is 21.9 Å². The molecule has 0 aliphatic carbocycles. The Hall–Kier alpha value is -1.67. The molecule has 0 radical (unpaired) electrons. The molecule has 1 fully saturated rings. The maximum atomic E-state index is 12.8. The van der Waals surface area contributed by atoms with E-state index in [0.717, 1.165) is 0 Å². The minimum absolute atomic E-state index is 0.0425. The second-order valence-corrected chi connectivity index (χ2v) is 7.46. The van der Waals surface area contributed by atoms with Crippen molar-refractivity contribution in [1.82, 2.24) is 4.90 Å². The number of carbonyl (C=O) groups is 2. The molecule has 0 N–H and O–H groups in total. The number of anilines is 1. The molecular formula is C14H16ClFN2O4S. The first-order valence-electron chi connectivity index (χ1n) is 6.82. The van der Waals surface area contributed by atoms with Crippen LogP contribution >= 0.6 is 11.6 Å². The molecule has 0 spiro atoms. The Kier molecular flexibility index (Phi) is 4.95. The van der Waals surface area contributed by atoms with E-state index in [-0.39, 0.29) is 29.8 Å². The number of carbonyl (C=O) groups excluding carboxylic acids is 2. The van der Waals surface area contributed by atoms with Crippen molar-refractivity contribution in [1.29, 1.82) is 0 Å². The zero-order valence-electron chi connectivity index (χ0n) is 12.6. The predicted molar refractivity (Wildman–Crippen MR) is 84.8 cm³/mol. The minimum atomic E-state index is -4.63. The fraction of sp³-hybridized carbons (Fsp3) is 0.429. The first-order valence-corrected chi connectivity index (χ1v) is 8.75. The van der Waals surface area contributed by atoms with Crippen LogP contribution in [0.3, 0.4) is 0 Å². The first kappa shape index (κ1) is 17.7. The molecule has 1 aliphatic rings. The molecule has 0 aromatic heterocycles. The predicted octanol–water partition coefficient (Wildman–Crippen LogP) is 1.69. The van der Waals surface area contributed by atoms with E-state index < -0.39 is 21.9 Å². The van der Waals surface area contributed by atoms with Gasteiger partial charge in [0.25, 0.3) is 5.91 Å². The largest absolute Gasteiger partial charge is 0.345 e. The Morgan fingerprint density at radius 1 is 1.43 bits per heavy atom. The Morgan fingerprint density at radius 3 is 2.61 bits per heavy atom. The van der Waals surface area contributed by atoms with Gasteiger partial charge in [0.05, 0.1) is 16.3 Å². The Bertz CT molecular complexity index is 751. The lowest BCUT2D eigenvalue weighted by atomic mass is 10.1. The van der Waals surface area contributed by atoms with Crippen LogP contribution in [0.4, 0.5) is 9.57 Å². The summed E-state index contributed by atoms with van der Waals surface area (Å²) in [5.41, 5.74) is 0.754. The third-order valence-corrected chi connectivity index (χ3v) is 4.72. The van der Waals surface area contributed by atoms with Gasteiger partial charge in [0.15, 0.2) is 0 Å². The number of hydrogen-bond acceptors (Lipinski definition) is 4. The lowest BCUT2D eigenvalue weighted by molar-refractivity contribution is -0.117. The fourth-order valence-corrected chi connectivity index (χ4v) is 3.55. The molecule has 1 unspecified atom stereocenters. The fourth-order valence-electron chi connectivity index (χ4n) is 2.51. The van der Waals surface area contributed by atoms with Crippen LogP contribution in [0.25, 0.3) is 0 Å². The van der Waals surface area contributed by atoms with Crippen LogP contribution in [0.15, 0.2) is 18.2 Å². The molecule has 2 amide bonds. The Balaban J connectivity index is 2.21. The molecule has 0 saturated carbocycles. The summed E-state index contributed by atoms with van der Waals surface area (Å²) < 4.78 is 34.2. The summed E-state index contributed by atoms with van der Waals surface area (Å²) in [6.07, 6.45) is -0.0425. The lowest BCUT2D eigenvalue weighted by Gasteiger charge is -2.18. The van der Waals surface area contributed by atoms with Gasteiger partial charge in [-0.05, 0) is 18.2 Å². The van der Waals surface area contributed by atoms with Gasteiger partial charge in [0, 0.05) is 38.7 Å². The minimum Gasteiger partial charge on any atom is -0.345 e. The van der Waals surface area contributed by atoms with Crippen LogP contribution in [0.1, 0.15) is 16.8 Å². The van der Waals surface area contributed by atoms with Crippen molar-refractivity contribution in [2.24, 2.45) is 5.92 Å². The van der Waals surface area contributed by atoms with E-state index in [1.807, 2.05) is 0 Å². The van der Waals surface area contributed by atoms with Crippen LogP contribution in [0, 0.1) is 5.92 Å². The van der Waals surface area contributed by atoms with E-state index in [1.165, 1.54) is 21.9 Å². The average molecular weight is 363 g/mol. The van der Waals surface area contributed by atoms with E-state index in [9.17, 15) is 21.9 Å². The summed E-state index contributed by atoms with van der Waals surface area (Å²) >= 11 is 6.10. The second-order valence-electron chi connectivity index (χ2n) is 5.64. The molecule has 1 atom stereocenters. The van der Waals surface area contributed by atoms with Crippen molar-refractivity contribution in [2.75, 3.05) is 31.3 Å². The molecule has 23 heavy (non-hydrogen) atoms.